The summed E-state index contributed by atoms with van der Waals surface area (Å²) in [5.41, 5.74) is 8.54. The van der Waals surface area contributed by atoms with Gasteiger partial charge in [-0.05, 0) is 36.8 Å². The molecule has 0 radical (unpaired) electrons. The maximum Gasteiger partial charge on any atom is 0.328 e. The van der Waals surface area contributed by atoms with Crippen LogP contribution in [0.2, 0.25) is 0 Å². The van der Waals surface area contributed by atoms with Gasteiger partial charge in [0, 0.05) is 24.5 Å². The van der Waals surface area contributed by atoms with Crippen molar-refractivity contribution in [3.63, 3.8) is 0 Å². The van der Waals surface area contributed by atoms with Crippen molar-refractivity contribution in [3.8, 4) is 0 Å². The van der Waals surface area contributed by atoms with E-state index in [2.05, 4.69) is 10.5 Å². The lowest BCUT2D eigenvalue weighted by molar-refractivity contribution is -0.145. The Kier molecular flexibility index (Phi) is 4.14. The van der Waals surface area contributed by atoms with Gasteiger partial charge in [0.2, 0.25) is 0 Å². The minimum Gasteiger partial charge on any atom is -0.480 e. The van der Waals surface area contributed by atoms with E-state index in [1.54, 1.807) is 12.4 Å². The number of carbonyl (C=O) groups is 1. The quantitative estimate of drug-likeness (QED) is 0.444. The number of fused-ring (bicyclic) bond motifs is 1. The van der Waals surface area contributed by atoms with Gasteiger partial charge in [-0.2, -0.15) is 0 Å². The predicted octanol–water partition coefficient (Wildman–Crippen LogP) is 0.642. The molecule has 2 rings (SSSR count). The average molecular weight is 265 g/mol. The SMILES string of the molecule is NC1(C(=O)O)c2cnccc2CC1CCCCNO. The smallest absolute Gasteiger partial charge is 0.328 e. The highest BCUT2D eigenvalue weighted by atomic mass is 16.5. The standard InChI is InChI=1S/C13H19N3O3/c14-13(12(17)18)10(3-1-2-5-16-19)7-9-4-6-15-8-11(9)13/h4,6,8,10,16,19H,1-3,5,7,14H2,(H,17,18). The van der Waals surface area contributed by atoms with Gasteiger partial charge < -0.3 is 16.0 Å². The van der Waals surface area contributed by atoms with Crippen molar-refractivity contribution in [2.45, 2.75) is 31.2 Å². The van der Waals surface area contributed by atoms with Crippen LogP contribution in [0.25, 0.3) is 0 Å². The van der Waals surface area contributed by atoms with Gasteiger partial charge in [-0.15, -0.1) is 0 Å². The lowest BCUT2D eigenvalue weighted by Crippen LogP contribution is -2.48. The minimum absolute atomic E-state index is 0.122. The number of aromatic nitrogens is 1. The zero-order valence-electron chi connectivity index (χ0n) is 10.7. The van der Waals surface area contributed by atoms with Crippen LogP contribution >= 0.6 is 0 Å². The van der Waals surface area contributed by atoms with E-state index < -0.39 is 11.5 Å². The summed E-state index contributed by atoms with van der Waals surface area (Å²) in [4.78, 5) is 15.6. The number of hydrogen-bond acceptors (Lipinski definition) is 5. The third-order valence-electron chi connectivity index (χ3n) is 3.91. The van der Waals surface area contributed by atoms with Gasteiger partial charge in [0.15, 0.2) is 0 Å². The predicted molar refractivity (Wildman–Crippen MR) is 68.6 cm³/mol. The average Bonchev–Trinajstić information content (AvgIpc) is 2.70. The molecular formula is C13H19N3O3. The lowest BCUT2D eigenvalue weighted by atomic mass is 9.82. The summed E-state index contributed by atoms with van der Waals surface area (Å²) in [6, 6.07) is 1.84. The van der Waals surface area contributed by atoms with E-state index in [0.29, 0.717) is 18.5 Å². The van der Waals surface area contributed by atoms with Crippen molar-refractivity contribution in [1.82, 2.24) is 10.5 Å². The second-order valence-corrected chi connectivity index (χ2v) is 5.01. The summed E-state index contributed by atoms with van der Waals surface area (Å²) in [6.45, 7) is 0.506. The van der Waals surface area contributed by atoms with Gasteiger partial charge in [0.05, 0.1) is 0 Å². The van der Waals surface area contributed by atoms with Crippen LogP contribution in [0.1, 0.15) is 30.4 Å². The number of nitrogens with zero attached hydrogens (tertiary/aromatic N) is 1. The molecule has 2 unspecified atom stereocenters. The molecule has 6 nitrogen and oxygen atoms in total. The van der Waals surface area contributed by atoms with Crippen LogP contribution in [0.3, 0.4) is 0 Å². The number of hydroxylamine groups is 1. The molecule has 6 heteroatoms. The second kappa shape index (κ2) is 5.64. The fraction of sp³-hybridized carbons (Fsp3) is 0.538. The number of rotatable bonds is 6. The molecule has 2 atom stereocenters. The molecule has 104 valence electrons. The van der Waals surface area contributed by atoms with E-state index in [1.165, 1.54) is 0 Å². The van der Waals surface area contributed by atoms with E-state index in [-0.39, 0.29) is 5.92 Å². The van der Waals surface area contributed by atoms with Crippen molar-refractivity contribution in [2.75, 3.05) is 6.54 Å². The molecular weight excluding hydrogens is 246 g/mol. The van der Waals surface area contributed by atoms with Crippen LogP contribution in [-0.2, 0) is 16.8 Å². The number of nitrogens with one attached hydrogen (secondary N) is 1. The van der Waals surface area contributed by atoms with Crippen LogP contribution in [0, 0.1) is 5.92 Å². The molecule has 1 aliphatic rings. The Balaban J connectivity index is 2.15. The first-order valence-corrected chi connectivity index (χ1v) is 6.43. The Hall–Kier alpha value is -1.50. The third kappa shape index (κ3) is 2.47. The van der Waals surface area contributed by atoms with Crippen LogP contribution in [0.5, 0.6) is 0 Å². The van der Waals surface area contributed by atoms with Crippen molar-refractivity contribution in [1.29, 1.82) is 0 Å². The van der Waals surface area contributed by atoms with E-state index in [0.717, 1.165) is 24.8 Å². The fourth-order valence-electron chi connectivity index (χ4n) is 2.83. The minimum atomic E-state index is -1.34. The van der Waals surface area contributed by atoms with Gasteiger partial charge in [0.1, 0.15) is 5.54 Å². The Morgan fingerprint density at radius 2 is 2.37 bits per heavy atom. The Labute approximate surface area is 111 Å². The van der Waals surface area contributed by atoms with Crippen LogP contribution in [-0.4, -0.2) is 27.8 Å². The molecule has 0 bridgehead atoms. The van der Waals surface area contributed by atoms with E-state index in [1.807, 2.05) is 6.07 Å². The summed E-state index contributed by atoms with van der Waals surface area (Å²) in [5, 5.41) is 18.0. The molecule has 0 aliphatic heterocycles. The zero-order chi connectivity index (χ0) is 13.9. The first-order chi connectivity index (χ1) is 9.10. The van der Waals surface area contributed by atoms with Crippen LogP contribution in [0.4, 0.5) is 0 Å². The van der Waals surface area contributed by atoms with E-state index in [9.17, 15) is 9.90 Å². The Morgan fingerprint density at radius 1 is 1.58 bits per heavy atom. The molecule has 0 amide bonds. The van der Waals surface area contributed by atoms with Gasteiger partial charge in [-0.25, -0.2) is 10.3 Å². The molecule has 0 saturated carbocycles. The van der Waals surface area contributed by atoms with Crippen LogP contribution < -0.4 is 11.2 Å². The summed E-state index contributed by atoms with van der Waals surface area (Å²) in [6.07, 6.45) is 6.24. The monoisotopic (exact) mass is 265 g/mol. The van der Waals surface area contributed by atoms with Crippen LogP contribution in [0.15, 0.2) is 18.5 Å². The van der Waals surface area contributed by atoms with Gasteiger partial charge in [-0.1, -0.05) is 6.42 Å². The Bertz CT molecular complexity index is 466. The number of carboxylic acid groups (broad SMARTS) is 1. The largest absolute Gasteiger partial charge is 0.480 e. The maximum atomic E-state index is 11.6. The van der Waals surface area contributed by atoms with E-state index >= 15 is 0 Å². The summed E-state index contributed by atoms with van der Waals surface area (Å²) in [7, 11) is 0. The molecule has 0 aromatic carbocycles. The normalized spacial score (nSPS) is 25.3. The zero-order valence-corrected chi connectivity index (χ0v) is 10.7. The molecule has 5 N–H and O–H groups in total. The van der Waals surface area contributed by atoms with Gasteiger partial charge >= 0.3 is 5.97 Å². The first-order valence-electron chi connectivity index (χ1n) is 6.43. The maximum absolute atomic E-state index is 11.6. The van der Waals surface area contributed by atoms with Gasteiger partial charge in [-0.3, -0.25) is 4.98 Å². The number of aliphatic carboxylic acids is 1. The molecule has 19 heavy (non-hydrogen) atoms. The number of carboxylic acids is 1. The Morgan fingerprint density at radius 3 is 3.05 bits per heavy atom. The first kappa shape index (κ1) is 13.9. The fourth-order valence-corrected chi connectivity index (χ4v) is 2.83. The van der Waals surface area contributed by atoms with Crippen molar-refractivity contribution in [2.24, 2.45) is 11.7 Å². The lowest BCUT2D eigenvalue weighted by Gasteiger charge is -2.27. The van der Waals surface area contributed by atoms with Crippen molar-refractivity contribution in [3.05, 3.63) is 29.6 Å². The summed E-state index contributed by atoms with van der Waals surface area (Å²) in [5.74, 6) is -1.12. The number of nitrogens with two attached hydrogens (primary N) is 1. The number of hydrogen-bond donors (Lipinski definition) is 4. The molecule has 1 heterocycles. The highest BCUT2D eigenvalue weighted by Gasteiger charge is 2.49. The molecule has 1 aromatic heterocycles. The number of pyridine rings is 1. The highest BCUT2D eigenvalue weighted by Crippen LogP contribution is 2.41. The highest BCUT2D eigenvalue weighted by molar-refractivity contribution is 5.82. The topological polar surface area (TPSA) is 108 Å². The second-order valence-electron chi connectivity index (χ2n) is 5.01. The van der Waals surface area contributed by atoms with E-state index in [4.69, 9.17) is 10.9 Å². The number of unbranched alkanes of at least 4 members (excludes halogenated alkanes) is 1. The molecule has 1 aromatic rings. The summed E-state index contributed by atoms with van der Waals surface area (Å²) >= 11 is 0. The van der Waals surface area contributed by atoms with Gasteiger partial charge in [0.25, 0.3) is 0 Å². The molecule has 1 aliphatic carbocycles. The van der Waals surface area contributed by atoms with Crippen molar-refractivity contribution >= 4 is 5.97 Å². The molecule has 0 fully saturated rings. The molecule has 0 spiro atoms. The van der Waals surface area contributed by atoms with Crippen molar-refractivity contribution < 1.29 is 15.1 Å². The third-order valence-corrected chi connectivity index (χ3v) is 3.91. The molecule has 0 saturated heterocycles. The summed E-state index contributed by atoms with van der Waals surface area (Å²) < 4.78 is 0.